The fourth-order valence-corrected chi connectivity index (χ4v) is 2.63. The van der Waals surface area contributed by atoms with Gasteiger partial charge >= 0.3 is 0 Å². The van der Waals surface area contributed by atoms with Crippen LogP contribution < -0.4 is 16.4 Å². The Labute approximate surface area is 112 Å². The number of hydrogen-bond acceptors (Lipinski definition) is 4. The lowest BCUT2D eigenvalue weighted by molar-refractivity contribution is -0.116. The van der Waals surface area contributed by atoms with Gasteiger partial charge in [0.1, 0.15) is 0 Å². The predicted octanol–water partition coefficient (Wildman–Crippen LogP) is 1.74. The fraction of sp³-hybridized carbons (Fsp3) is 0.500. The summed E-state index contributed by atoms with van der Waals surface area (Å²) in [5, 5.41) is 6.21. The van der Waals surface area contributed by atoms with Crippen LogP contribution in [-0.2, 0) is 16.0 Å². The number of anilines is 3. The molecule has 1 unspecified atom stereocenters. The van der Waals surface area contributed by atoms with Crippen LogP contribution in [0, 0.1) is 0 Å². The number of ether oxygens (including phenoxy) is 1. The summed E-state index contributed by atoms with van der Waals surface area (Å²) in [5.41, 5.74) is 9.61. The van der Waals surface area contributed by atoms with E-state index in [1.807, 2.05) is 12.1 Å². The van der Waals surface area contributed by atoms with Crippen LogP contribution in [0.2, 0.25) is 0 Å². The van der Waals surface area contributed by atoms with Crippen LogP contribution in [0.1, 0.15) is 24.8 Å². The van der Waals surface area contributed by atoms with Crippen molar-refractivity contribution in [3.05, 3.63) is 17.7 Å². The quantitative estimate of drug-likeness (QED) is 0.724. The molecule has 2 aliphatic heterocycles. The van der Waals surface area contributed by atoms with Crippen molar-refractivity contribution in [1.82, 2.24) is 0 Å². The normalized spacial score (nSPS) is 21.9. The van der Waals surface area contributed by atoms with Crippen LogP contribution in [0.4, 0.5) is 17.1 Å². The SMILES string of the molecule is Nc1cc2c(cc1NCC1CCCO1)CCC(=O)N2. The summed E-state index contributed by atoms with van der Waals surface area (Å²) in [4.78, 5) is 11.3. The number of amides is 1. The van der Waals surface area contributed by atoms with E-state index in [4.69, 9.17) is 10.5 Å². The highest BCUT2D eigenvalue weighted by Crippen LogP contribution is 2.31. The standard InChI is InChI=1S/C14H19N3O2/c15-11-7-12-9(3-4-14(18)17-12)6-13(11)16-8-10-2-1-5-19-10/h6-7,10,16H,1-5,8,15H2,(H,17,18). The zero-order valence-electron chi connectivity index (χ0n) is 10.9. The average Bonchev–Trinajstić information content (AvgIpc) is 2.89. The molecule has 0 spiro atoms. The summed E-state index contributed by atoms with van der Waals surface area (Å²) < 4.78 is 5.58. The molecule has 19 heavy (non-hydrogen) atoms. The number of rotatable bonds is 3. The minimum atomic E-state index is 0.0620. The number of aryl methyl sites for hydroxylation is 1. The van der Waals surface area contributed by atoms with Crippen molar-refractivity contribution in [3.63, 3.8) is 0 Å². The molecule has 1 atom stereocenters. The molecular formula is C14H19N3O2. The Hall–Kier alpha value is -1.75. The molecule has 5 heteroatoms. The molecular weight excluding hydrogens is 242 g/mol. The van der Waals surface area contributed by atoms with Crippen molar-refractivity contribution in [2.45, 2.75) is 31.8 Å². The molecule has 1 saturated heterocycles. The Morgan fingerprint density at radius 3 is 3.11 bits per heavy atom. The highest BCUT2D eigenvalue weighted by atomic mass is 16.5. The van der Waals surface area contributed by atoms with Gasteiger partial charge in [0.25, 0.3) is 0 Å². The zero-order valence-corrected chi connectivity index (χ0v) is 10.9. The van der Waals surface area contributed by atoms with Crippen molar-refractivity contribution in [3.8, 4) is 0 Å². The zero-order chi connectivity index (χ0) is 13.2. The Balaban J connectivity index is 1.72. The first-order valence-corrected chi connectivity index (χ1v) is 6.80. The van der Waals surface area contributed by atoms with Crippen molar-refractivity contribution in [2.24, 2.45) is 0 Å². The van der Waals surface area contributed by atoms with Crippen LogP contribution >= 0.6 is 0 Å². The molecule has 0 aromatic heterocycles. The molecule has 1 fully saturated rings. The Bertz CT molecular complexity index is 496. The number of hydrogen-bond donors (Lipinski definition) is 3. The second-order valence-electron chi connectivity index (χ2n) is 5.16. The maximum atomic E-state index is 11.3. The molecule has 5 nitrogen and oxygen atoms in total. The fourth-order valence-electron chi connectivity index (χ4n) is 2.63. The van der Waals surface area contributed by atoms with Gasteiger partial charge in [-0.25, -0.2) is 0 Å². The third kappa shape index (κ3) is 2.66. The van der Waals surface area contributed by atoms with E-state index in [0.717, 1.165) is 49.4 Å². The van der Waals surface area contributed by atoms with E-state index in [9.17, 15) is 4.79 Å². The molecule has 3 rings (SSSR count). The number of nitrogen functional groups attached to an aromatic ring is 1. The maximum Gasteiger partial charge on any atom is 0.224 e. The van der Waals surface area contributed by atoms with E-state index in [0.29, 0.717) is 12.1 Å². The van der Waals surface area contributed by atoms with Crippen LogP contribution in [0.5, 0.6) is 0 Å². The number of carbonyl (C=O) groups excluding carboxylic acids is 1. The minimum Gasteiger partial charge on any atom is -0.397 e. The van der Waals surface area contributed by atoms with Gasteiger partial charge in [-0.05, 0) is 37.0 Å². The number of benzene rings is 1. The van der Waals surface area contributed by atoms with Gasteiger partial charge in [-0.2, -0.15) is 0 Å². The third-order valence-corrected chi connectivity index (χ3v) is 3.72. The average molecular weight is 261 g/mol. The number of nitrogens with one attached hydrogen (secondary N) is 2. The minimum absolute atomic E-state index is 0.0620. The van der Waals surface area contributed by atoms with Gasteiger partial charge in [-0.1, -0.05) is 0 Å². The van der Waals surface area contributed by atoms with Gasteiger partial charge in [0.2, 0.25) is 5.91 Å². The van der Waals surface area contributed by atoms with E-state index in [1.54, 1.807) is 0 Å². The number of nitrogens with two attached hydrogens (primary N) is 1. The summed E-state index contributed by atoms with van der Waals surface area (Å²) in [6.45, 7) is 1.65. The van der Waals surface area contributed by atoms with Crippen molar-refractivity contribution >= 4 is 23.0 Å². The van der Waals surface area contributed by atoms with Crippen molar-refractivity contribution < 1.29 is 9.53 Å². The predicted molar refractivity (Wildman–Crippen MR) is 75.3 cm³/mol. The number of carbonyl (C=O) groups is 1. The van der Waals surface area contributed by atoms with E-state index >= 15 is 0 Å². The maximum absolute atomic E-state index is 11.3. The molecule has 4 N–H and O–H groups in total. The summed E-state index contributed by atoms with van der Waals surface area (Å²) in [6.07, 6.45) is 3.85. The lowest BCUT2D eigenvalue weighted by Crippen LogP contribution is -2.21. The van der Waals surface area contributed by atoms with E-state index in [-0.39, 0.29) is 12.0 Å². The monoisotopic (exact) mass is 261 g/mol. The first kappa shape index (κ1) is 12.3. The lowest BCUT2D eigenvalue weighted by Gasteiger charge is -2.20. The van der Waals surface area contributed by atoms with E-state index < -0.39 is 0 Å². The van der Waals surface area contributed by atoms with Gasteiger partial charge in [-0.3, -0.25) is 4.79 Å². The van der Waals surface area contributed by atoms with Crippen molar-refractivity contribution in [1.29, 1.82) is 0 Å². The highest BCUT2D eigenvalue weighted by molar-refractivity contribution is 5.95. The first-order chi connectivity index (χ1) is 9.22. The van der Waals surface area contributed by atoms with Gasteiger partial charge in [-0.15, -0.1) is 0 Å². The Morgan fingerprint density at radius 2 is 2.32 bits per heavy atom. The second kappa shape index (κ2) is 5.09. The summed E-state index contributed by atoms with van der Waals surface area (Å²) >= 11 is 0. The largest absolute Gasteiger partial charge is 0.397 e. The van der Waals surface area contributed by atoms with Gasteiger partial charge in [0, 0.05) is 25.3 Å². The van der Waals surface area contributed by atoms with Crippen molar-refractivity contribution in [2.75, 3.05) is 29.5 Å². The molecule has 2 heterocycles. The van der Waals surface area contributed by atoms with Gasteiger partial charge < -0.3 is 21.1 Å². The highest BCUT2D eigenvalue weighted by Gasteiger charge is 2.18. The topological polar surface area (TPSA) is 76.4 Å². The summed E-state index contributed by atoms with van der Waals surface area (Å²) in [6, 6.07) is 3.88. The molecule has 0 radical (unpaired) electrons. The second-order valence-corrected chi connectivity index (χ2v) is 5.16. The van der Waals surface area contributed by atoms with Crippen LogP contribution in [0.3, 0.4) is 0 Å². The molecule has 1 amide bonds. The van der Waals surface area contributed by atoms with Crippen LogP contribution in [-0.4, -0.2) is 25.2 Å². The Kier molecular flexibility index (Phi) is 3.29. The summed E-state index contributed by atoms with van der Waals surface area (Å²) in [7, 11) is 0. The smallest absolute Gasteiger partial charge is 0.224 e. The van der Waals surface area contributed by atoms with E-state index in [1.165, 1.54) is 0 Å². The molecule has 2 aliphatic rings. The first-order valence-electron chi connectivity index (χ1n) is 6.80. The van der Waals surface area contributed by atoms with E-state index in [2.05, 4.69) is 10.6 Å². The van der Waals surface area contributed by atoms with Gasteiger partial charge in [0.15, 0.2) is 0 Å². The molecule has 0 saturated carbocycles. The molecule has 0 aliphatic carbocycles. The Morgan fingerprint density at radius 1 is 1.42 bits per heavy atom. The molecule has 1 aromatic carbocycles. The summed E-state index contributed by atoms with van der Waals surface area (Å²) in [5.74, 6) is 0.0620. The third-order valence-electron chi connectivity index (χ3n) is 3.72. The molecule has 0 bridgehead atoms. The number of fused-ring (bicyclic) bond motifs is 1. The van der Waals surface area contributed by atoms with Crippen LogP contribution in [0.15, 0.2) is 12.1 Å². The molecule has 1 aromatic rings. The van der Waals surface area contributed by atoms with Gasteiger partial charge in [0.05, 0.1) is 17.5 Å². The lowest BCUT2D eigenvalue weighted by atomic mass is 10.0. The van der Waals surface area contributed by atoms with Crippen LogP contribution in [0.25, 0.3) is 0 Å². The molecule has 102 valence electrons.